The number of hydrogen-bond donors (Lipinski definition) is 2. The van der Waals surface area contributed by atoms with Crippen LogP contribution in [0.4, 0.5) is 10.7 Å². The molecular formula is C21H27N3O2S2. The number of aryl methyl sites for hydroxylation is 1. The zero-order valence-electron chi connectivity index (χ0n) is 16.6. The molecule has 28 heavy (non-hydrogen) atoms. The number of thiocarbonyl (C=S) groups is 1. The fraction of sp³-hybridized carbons (Fsp3) is 0.429. The fourth-order valence-corrected chi connectivity index (χ4v) is 4.73. The average Bonchev–Trinajstić information content (AvgIpc) is 2.97. The Bertz CT molecular complexity index is 840. The van der Waals surface area contributed by atoms with Crippen LogP contribution in [0.3, 0.4) is 0 Å². The summed E-state index contributed by atoms with van der Waals surface area (Å²) < 4.78 is 4.91. The summed E-state index contributed by atoms with van der Waals surface area (Å²) in [6.45, 7) is 7.28. The Morgan fingerprint density at radius 1 is 1.14 bits per heavy atom. The Hall–Kier alpha value is -1.96. The summed E-state index contributed by atoms with van der Waals surface area (Å²) in [6.07, 6.45) is 3.95. The van der Waals surface area contributed by atoms with Crippen molar-refractivity contribution < 1.29 is 9.53 Å². The molecule has 2 aromatic rings. The van der Waals surface area contributed by atoms with Gasteiger partial charge in [-0.05, 0) is 75.3 Å². The van der Waals surface area contributed by atoms with Gasteiger partial charge in [-0.2, -0.15) is 0 Å². The average molecular weight is 418 g/mol. The van der Waals surface area contributed by atoms with Crippen LogP contribution >= 0.6 is 23.6 Å². The highest BCUT2D eigenvalue weighted by molar-refractivity contribution is 7.80. The number of hydrogen-bond acceptors (Lipinski definition) is 5. The fourth-order valence-electron chi connectivity index (χ4n) is 3.40. The molecule has 0 atom stereocenters. The first-order chi connectivity index (χ1) is 13.5. The lowest BCUT2D eigenvalue weighted by atomic mass is 10.1. The number of nitrogens with one attached hydrogen (secondary N) is 2. The lowest BCUT2D eigenvalue weighted by Crippen LogP contribution is -2.29. The number of carbonyl (C=O) groups excluding carboxylic acids is 1. The molecule has 0 saturated carbocycles. The van der Waals surface area contributed by atoms with Crippen LogP contribution in [0.5, 0.6) is 0 Å². The van der Waals surface area contributed by atoms with Crippen molar-refractivity contribution in [2.45, 2.75) is 39.7 Å². The Morgan fingerprint density at radius 2 is 1.82 bits per heavy atom. The van der Waals surface area contributed by atoms with E-state index in [0.29, 0.717) is 15.7 Å². The van der Waals surface area contributed by atoms with Gasteiger partial charge < -0.3 is 15.4 Å². The number of anilines is 2. The molecule has 2 N–H and O–H groups in total. The molecule has 7 heteroatoms. The van der Waals surface area contributed by atoms with Gasteiger partial charge in [0.2, 0.25) is 0 Å². The minimum absolute atomic E-state index is 0.353. The molecule has 3 rings (SSSR count). The van der Waals surface area contributed by atoms with Gasteiger partial charge in [0.15, 0.2) is 5.11 Å². The number of methoxy groups -OCH3 is 1. The predicted molar refractivity (Wildman–Crippen MR) is 121 cm³/mol. The first-order valence-electron chi connectivity index (χ1n) is 9.55. The van der Waals surface area contributed by atoms with E-state index in [2.05, 4.69) is 27.7 Å². The number of rotatable bonds is 5. The maximum Gasteiger partial charge on any atom is 0.341 e. The number of nitrogens with zero attached hydrogens (tertiary/aromatic N) is 1. The SMILES string of the molecule is COC(=O)c1c(NC(=S)Nc2ccc(CN3CCCCC3)cc2)sc(C)c1C. The summed E-state index contributed by atoms with van der Waals surface area (Å²) in [6, 6.07) is 8.36. The third-order valence-corrected chi connectivity index (χ3v) is 6.40. The smallest absolute Gasteiger partial charge is 0.341 e. The topological polar surface area (TPSA) is 53.6 Å². The quantitative estimate of drug-likeness (QED) is 0.530. The monoisotopic (exact) mass is 417 g/mol. The summed E-state index contributed by atoms with van der Waals surface area (Å²) in [5, 5.41) is 7.50. The molecule has 0 bridgehead atoms. The summed E-state index contributed by atoms with van der Waals surface area (Å²) >= 11 is 6.94. The van der Waals surface area contributed by atoms with E-state index in [1.54, 1.807) is 0 Å². The van der Waals surface area contributed by atoms with Crippen molar-refractivity contribution in [3.63, 3.8) is 0 Å². The molecule has 1 aromatic carbocycles. The van der Waals surface area contributed by atoms with Crippen molar-refractivity contribution in [3.8, 4) is 0 Å². The second-order valence-electron chi connectivity index (χ2n) is 7.09. The zero-order valence-corrected chi connectivity index (χ0v) is 18.3. The number of ether oxygens (including phenoxy) is 1. The van der Waals surface area contributed by atoms with Gasteiger partial charge in [-0.1, -0.05) is 18.6 Å². The Morgan fingerprint density at radius 3 is 2.46 bits per heavy atom. The summed E-state index contributed by atoms with van der Waals surface area (Å²) in [5.41, 5.74) is 3.70. The van der Waals surface area contributed by atoms with Crippen molar-refractivity contribution in [1.82, 2.24) is 4.90 Å². The number of piperidine rings is 1. The summed E-state index contributed by atoms with van der Waals surface area (Å²) in [4.78, 5) is 15.7. The molecule has 1 saturated heterocycles. The standard InChI is InChI=1S/C21H27N3O2S2/c1-14-15(2)28-19(18(14)20(25)26-3)23-21(27)22-17-9-7-16(8-10-17)13-24-11-5-4-6-12-24/h7-10H,4-6,11-13H2,1-3H3,(H2,22,23,27). The molecule has 2 heterocycles. The molecule has 1 aliphatic rings. The predicted octanol–water partition coefficient (Wildman–Crippen LogP) is 4.95. The number of benzene rings is 1. The minimum Gasteiger partial charge on any atom is -0.465 e. The Balaban J connectivity index is 1.61. The van der Waals surface area contributed by atoms with Crippen LogP contribution in [0.25, 0.3) is 0 Å². The highest BCUT2D eigenvalue weighted by Crippen LogP contribution is 2.33. The summed E-state index contributed by atoms with van der Waals surface area (Å²) in [7, 11) is 1.39. The van der Waals surface area contributed by atoms with Crippen LogP contribution in [-0.2, 0) is 11.3 Å². The van der Waals surface area contributed by atoms with Gasteiger partial charge in [-0.25, -0.2) is 4.79 Å². The Labute approximate surface area is 176 Å². The number of thiophene rings is 1. The second kappa shape index (κ2) is 9.49. The van der Waals surface area contributed by atoms with Crippen LogP contribution in [0.15, 0.2) is 24.3 Å². The first kappa shape index (κ1) is 20.8. The molecule has 0 aliphatic carbocycles. The molecule has 1 aromatic heterocycles. The van der Waals surface area contributed by atoms with E-state index in [-0.39, 0.29) is 5.97 Å². The van der Waals surface area contributed by atoms with Crippen LogP contribution in [0.1, 0.15) is 45.6 Å². The lowest BCUT2D eigenvalue weighted by molar-refractivity contribution is 0.0601. The molecule has 0 radical (unpaired) electrons. The van der Waals surface area contributed by atoms with Crippen molar-refractivity contribution >= 4 is 45.3 Å². The van der Waals surface area contributed by atoms with Gasteiger partial charge in [0.25, 0.3) is 0 Å². The van der Waals surface area contributed by atoms with Crippen molar-refractivity contribution in [3.05, 3.63) is 45.8 Å². The normalized spacial score (nSPS) is 14.5. The second-order valence-corrected chi connectivity index (χ2v) is 8.72. The molecule has 0 unspecified atom stereocenters. The highest BCUT2D eigenvalue weighted by Gasteiger charge is 2.20. The zero-order chi connectivity index (χ0) is 20.1. The maximum atomic E-state index is 12.1. The van der Waals surface area contributed by atoms with Gasteiger partial charge in [0.05, 0.1) is 12.7 Å². The molecular weight excluding hydrogens is 390 g/mol. The summed E-state index contributed by atoms with van der Waals surface area (Å²) in [5.74, 6) is -0.353. The number of esters is 1. The molecule has 0 spiro atoms. The molecule has 1 aliphatic heterocycles. The van der Waals surface area contributed by atoms with Crippen molar-refractivity contribution in [2.24, 2.45) is 0 Å². The van der Waals surface area contributed by atoms with Gasteiger partial charge in [-0.3, -0.25) is 4.90 Å². The van der Waals surface area contributed by atoms with E-state index in [9.17, 15) is 4.79 Å². The third kappa shape index (κ3) is 5.10. The Kier molecular flexibility index (Phi) is 7.04. The minimum atomic E-state index is -0.353. The number of carbonyl (C=O) groups is 1. The highest BCUT2D eigenvalue weighted by atomic mass is 32.1. The van der Waals surface area contributed by atoms with Crippen LogP contribution in [-0.4, -0.2) is 36.2 Å². The first-order valence-corrected chi connectivity index (χ1v) is 10.8. The van der Waals surface area contributed by atoms with Crippen LogP contribution in [0.2, 0.25) is 0 Å². The van der Waals surface area contributed by atoms with E-state index in [4.69, 9.17) is 17.0 Å². The van der Waals surface area contributed by atoms with E-state index in [1.807, 2.05) is 26.0 Å². The van der Waals surface area contributed by atoms with Crippen LogP contribution < -0.4 is 10.6 Å². The molecule has 150 valence electrons. The third-order valence-electron chi connectivity index (χ3n) is 5.07. The van der Waals surface area contributed by atoms with Crippen LogP contribution in [0, 0.1) is 13.8 Å². The van der Waals surface area contributed by atoms with E-state index < -0.39 is 0 Å². The van der Waals surface area contributed by atoms with Crippen molar-refractivity contribution in [2.75, 3.05) is 30.8 Å². The van der Waals surface area contributed by atoms with Gasteiger partial charge in [0, 0.05) is 17.1 Å². The number of likely N-dealkylation sites (tertiary alicyclic amines) is 1. The van der Waals surface area contributed by atoms with E-state index in [1.165, 1.54) is 56.4 Å². The molecule has 5 nitrogen and oxygen atoms in total. The lowest BCUT2D eigenvalue weighted by Gasteiger charge is -2.26. The molecule has 0 amide bonds. The largest absolute Gasteiger partial charge is 0.465 e. The molecule has 1 fully saturated rings. The maximum absolute atomic E-state index is 12.1. The van der Waals surface area contributed by atoms with Crippen molar-refractivity contribution in [1.29, 1.82) is 0 Å². The van der Waals surface area contributed by atoms with E-state index in [0.717, 1.165) is 22.7 Å². The van der Waals surface area contributed by atoms with Gasteiger partial charge >= 0.3 is 5.97 Å². The van der Waals surface area contributed by atoms with Gasteiger partial charge in [0.1, 0.15) is 5.00 Å². The van der Waals surface area contributed by atoms with E-state index >= 15 is 0 Å². The van der Waals surface area contributed by atoms with Gasteiger partial charge in [-0.15, -0.1) is 11.3 Å².